The summed E-state index contributed by atoms with van der Waals surface area (Å²) in [6.45, 7) is 4.66. The van der Waals surface area contributed by atoms with Crippen LogP contribution in [-0.2, 0) is 5.41 Å². The second-order valence-electron chi connectivity index (χ2n) is 12.7. The van der Waals surface area contributed by atoms with Crippen LogP contribution in [0.25, 0.3) is 83.0 Å². The number of rotatable bonds is 2. The van der Waals surface area contributed by atoms with Gasteiger partial charge in [-0.05, 0) is 63.4 Å². The molecule has 0 saturated heterocycles. The summed E-state index contributed by atoms with van der Waals surface area (Å²) in [5.41, 5.74) is 11.5. The van der Waals surface area contributed by atoms with Crippen LogP contribution in [0.15, 0.2) is 132 Å². The number of fused-ring (bicyclic) bond motifs is 10. The van der Waals surface area contributed by atoms with E-state index < -0.39 is 0 Å². The van der Waals surface area contributed by atoms with Crippen LogP contribution in [0.3, 0.4) is 0 Å². The largest absolute Gasteiger partial charge is 0.452 e. The summed E-state index contributed by atoms with van der Waals surface area (Å²) in [5.74, 6) is 0.636. The SMILES string of the molecule is CC1(C)c2ccccc2-c2cc3c4ccccc4n(-c4nc(-c5ccccc5)c5oc6cc7ccccc7cc6c5n4)c3cc21. The minimum atomic E-state index is -0.122. The zero-order chi connectivity index (χ0) is 29.9. The second kappa shape index (κ2) is 8.67. The van der Waals surface area contributed by atoms with Crippen LogP contribution in [0.4, 0.5) is 0 Å². The number of nitrogens with zero attached hydrogens (tertiary/aromatic N) is 3. The summed E-state index contributed by atoms with van der Waals surface area (Å²) in [6.07, 6.45) is 0. The van der Waals surface area contributed by atoms with Crippen molar-refractivity contribution in [3.63, 3.8) is 0 Å². The number of furan rings is 1. The molecule has 0 bridgehead atoms. The average molecular weight is 578 g/mol. The van der Waals surface area contributed by atoms with Gasteiger partial charge in [0.1, 0.15) is 16.8 Å². The number of hydrogen-bond donors (Lipinski definition) is 0. The van der Waals surface area contributed by atoms with Crippen LogP contribution in [0.1, 0.15) is 25.0 Å². The summed E-state index contributed by atoms with van der Waals surface area (Å²) in [4.78, 5) is 10.6. The maximum atomic E-state index is 6.58. The van der Waals surface area contributed by atoms with Crippen molar-refractivity contribution in [2.45, 2.75) is 19.3 Å². The van der Waals surface area contributed by atoms with Gasteiger partial charge in [0, 0.05) is 27.1 Å². The van der Waals surface area contributed by atoms with Gasteiger partial charge >= 0.3 is 0 Å². The zero-order valence-corrected chi connectivity index (χ0v) is 24.9. The number of para-hydroxylation sites is 1. The first-order valence-corrected chi connectivity index (χ1v) is 15.4. The summed E-state index contributed by atoms with van der Waals surface area (Å²) in [5, 5.41) is 5.67. The molecular formula is C41H27N3O. The maximum Gasteiger partial charge on any atom is 0.236 e. The molecule has 0 fully saturated rings. The van der Waals surface area contributed by atoms with E-state index in [2.05, 4.69) is 128 Å². The van der Waals surface area contributed by atoms with E-state index in [1.54, 1.807) is 0 Å². The Balaban J connectivity index is 1.34. The average Bonchev–Trinajstić information content (AvgIpc) is 3.68. The van der Waals surface area contributed by atoms with E-state index in [4.69, 9.17) is 14.4 Å². The molecule has 0 atom stereocenters. The molecule has 212 valence electrons. The Morgan fingerprint density at radius 2 is 1.31 bits per heavy atom. The molecule has 0 spiro atoms. The molecule has 1 aliphatic carbocycles. The summed E-state index contributed by atoms with van der Waals surface area (Å²) in [7, 11) is 0. The lowest BCUT2D eigenvalue weighted by Gasteiger charge is -2.21. The third-order valence-corrected chi connectivity index (χ3v) is 9.79. The molecule has 0 aliphatic heterocycles. The maximum absolute atomic E-state index is 6.58. The monoisotopic (exact) mass is 577 g/mol. The molecule has 0 saturated carbocycles. The molecule has 0 radical (unpaired) electrons. The van der Waals surface area contributed by atoms with Crippen LogP contribution in [0.2, 0.25) is 0 Å². The fourth-order valence-corrected chi connectivity index (χ4v) is 7.59. The molecule has 3 aromatic heterocycles. The predicted molar refractivity (Wildman–Crippen MR) is 184 cm³/mol. The Hall–Kier alpha value is -5.74. The minimum absolute atomic E-state index is 0.122. The quantitative estimate of drug-likeness (QED) is 0.205. The second-order valence-corrected chi connectivity index (χ2v) is 12.7. The fraction of sp³-hybridized carbons (Fsp3) is 0.0732. The Bertz CT molecular complexity index is 2680. The van der Waals surface area contributed by atoms with Crippen LogP contribution >= 0.6 is 0 Å². The summed E-state index contributed by atoms with van der Waals surface area (Å²) < 4.78 is 8.83. The van der Waals surface area contributed by atoms with E-state index in [1.165, 1.54) is 33.0 Å². The smallest absolute Gasteiger partial charge is 0.236 e. The van der Waals surface area contributed by atoms with E-state index in [-0.39, 0.29) is 5.41 Å². The van der Waals surface area contributed by atoms with Crippen molar-refractivity contribution in [3.8, 4) is 28.3 Å². The lowest BCUT2D eigenvalue weighted by Crippen LogP contribution is -2.15. The Morgan fingerprint density at radius 1 is 0.578 bits per heavy atom. The van der Waals surface area contributed by atoms with Crippen molar-refractivity contribution in [3.05, 3.63) is 139 Å². The number of aromatic nitrogens is 3. The highest BCUT2D eigenvalue weighted by molar-refractivity contribution is 6.13. The van der Waals surface area contributed by atoms with Crippen molar-refractivity contribution in [2.24, 2.45) is 0 Å². The molecule has 45 heavy (non-hydrogen) atoms. The van der Waals surface area contributed by atoms with Gasteiger partial charge in [-0.2, -0.15) is 0 Å². The lowest BCUT2D eigenvalue weighted by atomic mass is 9.82. The molecular weight excluding hydrogens is 550 g/mol. The van der Waals surface area contributed by atoms with Gasteiger partial charge in [0.05, 0.1) is 11.0 Å². The third-order valence-electron chi connectivity index (χ3n) is 9.79. The van der Waals surface area contributed by atoms with Gasteiger partial charge in [0.15, 0.2) is 5.58 Å². The summed E-state index contributed by atoms with van der Waals surface area (Å²) >= 11 is 0. The Morgan fingerprint density at radius 3 is 2.18 bits per heavy atom. The van der Waals surface area contributed by atoms with Crippen molar-refractivity contribution >= 4 is 54.6 Å². The van der Waals surface area contributed by atoms with Gasteiger partial charge in [-0.1, -0.05) is 111 Å². The van der Waals surface area contributed by atoms with Crippen molar-refractivity contribution in [1.29, 1.82) is 0 Å². The molecule has 9 aromatic rings. The van der Waals surface area contributed by atoms with Crippen molar-refractivity contribution in [1.82, 2.24) is 14.5 Å². The molecule has 3 heterocycles. The summed E-state index contributed by atoms with van der Waals surface area (Å²) in [6, 6.07) is 45.2. The van der Waals surface area contributed by atoms with Crippen molar-refractivity contribution in [2.75, 3.05) is 0 Å². The molecule has 0 amide bonds. The highest BCUT2D eigenvalue weighted by Gasteiger charge is 2.36. The van der Waals surface area contributed by atoms with Crippen molar-refractivity contribution < 1.29 is 4.42 Å². The normalized spacial score (nSPS) is 13.7. The molecule has 10 rings (SSSR count). The van der Waals surface area contributed by atoms with E-state index in [0.29, 0.717) is 11.5 Å². The lowest BCUT2D eigenvalue weighted by molar-refractivity contribution is 0.661. The van der Waals surface area contributed by atoms with Gasteiger partial charge < -0.3 is 4.42 Å². The first-order valence-electron chi connectivity index (χ1n) is 15.4. The third kappa shape index (κ3) is 3.31. The van der Waals surface area contributed by atoms with Gasteiger partial charge in [0.2, 0.25) is 5.95 Å². The highest BCUT2D eigenvalue weighted by Crippen LogP contribution is 2.51. The molecule has 4 heteroatoms. The number of benzene rings is 6. The van der Waals surface area contributed by atoms with Crippen LogP contribution < -0.4 is 0 Å². The van der Waals surface area contributed by atoms with Crippen LogP contribution in [-0.4, -0.2) is 14.5 Å². The molecule has 6 aromatic carbocycles. The fourth-order valence-electron chi connectivity index (χ4n) is 7.59. The van der Waals surface area contributed by atoms with Gasteiger partial charge in [-0.3, -0.25) is 4.57 Å². The highest BCUT2D eigenvalue weighted by atomic mass is 16.3. The first-order chi connectivity index (χ1) is 22.1. The Kier molecular flexibility index (Phi) is 4.76. The van der Waals surface area contributed by atoms with Gasteiger partial charge in [-0.15, -0.1) is 0 Å². The predicted octanol–water partition coefficient (Wildman–Crippen LogP) is 10.6. The van der Waals surface area contributed by atoms with E-state index >= 15 is 0 Å². The van der Waals surface area contributed by atoms with Gasteiger partial charge in [0.25, 0.3) is 0 Å². The molecule has 0 unspecified atom stereocenters. The van der Waals surface area contributed by atoms with Gasteiger partial charge in [-0.25, -0.2) is 9.97 Å². The molecule has 1 aliphatic rings. The number of hydrogen-bond acceptors (Lipinski definition) is 3. The molecule has 4 nitrogen and oxygen atoms in total. The van der Waals surface area contributed by atoms with E-state index in [1.807, 2.05) is 18.2 Å². The standard InChI is InChI=1S/C41H27N3O/c1-41(2)32-18-10-8-16-27(32)29-22-30-28-17-9-11-19-34(28)44(35(30)23-33(29)41)40-42-37(24-12-4-3-5-13-24)39-38(43-40)31-20-25-14-6-7-15-26(25)21-36(31)45-39/h3-23H,1-2H3. The van der Waals surface area contributed by atoms with E-state index in [9.17, 15) is 0 Å². The van der Waals surface area contributed by atoms with Crippen LogP contribution in [0.5, 0.6) is 0 Å². The minimum Gasteiger partial charge on any atom is -0.452 e. The zero-order valence-electron chi connectivity index (χ0n) is 24.9. The van der Waals surface area contributed by atoms with E-state index in [0.717, 1.165) is 49.5 Å². The topological polar surface area (TPSA) is 43.9 Å². The first kappa shape index (κ1) is 24.7. The molecule has 0 N–H and O–H groups in total. The van der Waals surface area contributed by atoms with Crippen LogP contribution in [0, 0.1) is 0 Å². The Labute approximate surface area is 259 Å².